The van der Waals surface area contributed by atoms with Crippen molar-refractivity contribution in [2.24, 2.45) is 39.7 Å². The molecular weight excluding hydrogens is 568 g/mol. The van der Waals surface area contributed by atoms with Gasteiger partial charge in [-0.1, -0.05) is 20.8 Å². The summed E-state index contributed by atoms with van der Waals surface area (Å²) in [6, 6.07) is 0. The van der Waals surface area contributed by atoms with Crippen LogP contribution in [-0.2, 0) is 14.3 Å². The van der Waals surface area contributed by atoms with Crippen molar-refractivity contribution in [3.8, 4) is 0 Å². The van der Waals surface area contributed by atoms with Crippen molar-refractivity contribution >= 4 is 12.1 Å². The number of fused-ring (bicyclic) bond motifs is 5. The van der Waals surface area contributed by atoms with Gasteiger partial charge in [0.05, 0.1) is 5.60 Å². The Kier molecular flexibility index (Phi) is 9.16. The number of alkyl carbamates (subject to hydrolysis) is 1. The number of hydrogen-bond donors (Lipinski definition) is 3. The lowest BCUT2D eigenvalue weighted by molar-refractivity contribution is -0.221. The van der Waals surface area contributed by atoms with Crippen molar-refractivity contribution in [3.63, 3.8) is 0 Å². The molecular formula is C36H60N4O5. The predicted octanol–water partition coefficient (Wildman–Crippen LogP) is 4.47. The van der Waals surface area contributed by atoms with Crippen molar-refractivity contribution < 1.29 is 24.2 Å². The molecule has 0 aromatic rings. The minimum Gasteiger partial charge on any atom is -0.458 e. The summed E-state index contributed by atoms with van der Waals surface area (Å²) >= 11 is 0. The van der Waals surface area contributed by atoms with Crippen molar-refractivity contribution in [3.05, 3.63) is 11.6 Å². The first-order chi connectivity index (χ1) is 21.4. The average molecular weight is 629 g/mol. The number of nitrogens with zero attached hydrogens (tertiary/aromatic N) is 2. The molecule has 2 aliphatic heterocycles. The van der Waals surface area contributed by atoms with Crippen molar-refractivity contribution in [2.75, 3.05) is 59.0 Å². The first kappa shape index (κ1) is 33.2. The molecule has 254 valence electrons. The van der Waals surface area contributed by atoms with Gasteiger partial charge in [0, 0.05) is 49.6 Å². The van der Waals surface area contributed by atoms with Crippen LogP contribution in [0.3, 0.4) is 0 Å². The van der Waals surface area contributed by atoms with Crippen LogP contribution in [-0.4, -0.2) is 97.1 Å². The Morgan fingerprint density at radius 1 is 0.978 bits per heavy atom. The van der Waals surface area contributed by atoms with Gasteiger partial charge in [0.1, 0.15) is 12.2 Å². The number of amides is 1. The van der Waals surface area contributed by atoms with Crippen LogP contribution in [0.2, 0.25) is 0 Å². The van der Waals surface area contributed by atoms with E-state index in [1.165, 1.54) is 0 Å². The number of rotatable bonds is 9. The highest BCUT2D eigenvalue weighted by Gasteiger charge is 2.71. The fourth-order valence-electron chi connectivity index (χ4n) is 11.3. The number of carbonyl (C=O) groups excluding carboxylic acids is 2. The van der Waals surface area contributed by atoms with E-state index in [1.807, 2.05) is 0 Å². The summed E-state index contributed by atoms with van der Waals surface area (Å²) in [5, 5.41) is 15.7. The van der Waals surface area contributed by atoms with E-state index in [9.17, 15) is 14.7 Å². The summed E-state index contributed by atoms with van der Waals surface area (Å²) in [4.78, 5) is 29.9. The summed E-state index contributed by atoms with van der Waals surface area (Å²) < 4.78 is 11.5. The second kappa shape index (κ2) is 12.4. The van der Waals surface area contributed by atoms with Crippen LogP contribution >= 0.6 is 0 Å². The molecule has 2 heterocycles. The maximum atomic E-state index is 12.9. The largest absolute Gasteiger partial charge is 0.458 e. The molecule has 0 aromatic heterocycles. The molecule has 4 saturated carbocycles. The Labute approximate surface area is 271 Å². The van der Waals surface area contributed by atoms with Crippen LogP contribution in [0.4, 0.5) is 4.79 Å². The zero-order valence-corrected chi connectivity index (χ0v) is 28.5. The molecule has 0 bridgehead atoms. The number of ether oxygens (including phenoxy) is 2. The number of carbonyl (C=O) groups is 2. The summed E-state index contributed by atoms with van der Waals surface area (Å²) in [6.45, 7) is 17.4. The van der Waals surface area contributed by atoms with E-state index >= 15 is 0 Å². The quantitative estimate of drug-likeness (QED) is 0.253. The second-order valence-corrected chi connectivity index (χ2v) is 16.5. The van der Waals surface area contributed by atoms with Crippen LogP contribution in [0.1, 0.15) is 98.3 Å². The normalized spacial score (nSPS) is 43.6. The van der Waals surface area contributed by atoms with Crippen molar-refractivity contribution in [2.45, 2.75) is 110 Å². The van der Waals surface area contributed by atoms with Gasteiger partial charge in [-0.15, -0.1) is 0 Å². The van der Waals surface area contributed by atoms with Crippen LogP contribution in [0.25, 0.3) is 0 Å². The van der Waals surface area contributed by atoms with Crippen LogP contribution in [0.5, 0.6) is 0 Å². The Hall–Kier alpha value is -1.68. The molecule has 8 atom stereocenters. The van der Waals surface area contributed by atoms with Gasteiger partial charge in [-0.2, -0.15) is 0 Å². The van der Waals surface area contributed by atoms with E-state index in [2.05, 4.69) is 42.8 Å². The van der Waals surface area contributed by atoms with Gasteiger partial charge in [0.25, 0.3) is 0 Å². The third kappa shape index (κ3) is 5.76. The average Bonchev–Trinajstić information content (AvgIpc) is 3.55. The Bertz CT molecular complexity index is 1160. The molecule has 0 radical (unpaired) electrons. The zero-order chi connectivity index (χ0) is 32.1. The Balaban J connectivity index is 1.01. The van der Waals surface area contributed by atoms with E-state index in [0.717, 1.165) is 122 Å². The SMILES string of the molecule is C[C@]1(OC(=O)NCCCN2CCN(CCCN)CC2)CC[C@@]2(C)[C@H](CC[C@@H]3[C@@H]2CC[C@]2(C)[C@@](C)(C4=CC(=O)OC4)CC[C@]32O)C1. The Morgan fingerprint density at radius 3 is 2.36 bits per heavy atom. The summed E-state index contributed by atoms with van der Waals surface area (Å²) in [5.41, 5.74) is 5.19. The van der Waals surface area contributed by atoms with E-state index in [-0.39, 0.29) is 34.2 Å². The van der Waals surface area contributed by atoms with Crippen LogP contribution in [0, 0.1) is 34.0 Å². The molecule has 5 fully saturated rings. The molecule has 1 saturated heterocycles. The highest BCUT2D eigenvalue weighted by molar-refractivity contribution is 5.85. The van der Waals surface area contributed by atoms with E-state index in [1.54, 1.807) is 6.08 Å². The molecule has 6 aliphatic rings. The van der Waals surface area contributed by atoms with E-state index < -0.39 is 11.2 Å². The molecule has 0 spiro atoms. The number of nitrogens with two attached hydrogens (primary N) is 1. The Morgan fingerprint density at radius 2 is 1.69 bits per heavy atom. The summed E-state index contributed by atoms with van der Waals surface area (Å²) in [5.74, 6) is 0.975. The molecule has 9 heteroatoms. The minimum atomic E-state index is -0.736. The standard InChI is InChI=1S/C36H60N4O5/c1-32(45-31(42)38-16-6-18-40-21-19-39(20-22-40)17-5-15-37)11-12-33(2)26(24-32)7-8-29-28(33)9-10-35(4)34(3,13-14-36(29,35)43)27-23-30(41)44-25-27/h23,26,28-29,43H,5-22,24-25,37H2,1-4H3,(H,38,42)/t26-,28+,29-,32+,33+,34-,35-,36+/m1/s1. The molecule has 4 aliphatic carbocycles. The maximum absolute atomic E-state index is 12.9. The third-order valence-corrected chi connectivity index (χ3v) is 14.5. The van der Waals surface area contributed by atoms with Crippen LogP contribution < -0.4 is 11.1 Å². The number of nitrogens with one attached hydrogen (secondary N) is 1. The lowest BCUT2D eigenvalue weighted by Gasteiger charge is -2.65. The van der Waals surface area contributed by atoms with Crippen molar-refractivity contribution in [1.82, 2.24) is 15.1 Å². The van der Waals surface area contributed by atoms with Crippen molar-refractivity contribution in [1.29, 1.82) is 0 Å². The summed E-state index contributed by atoms with van der Waals surface area (Å²) in [7, 11) is 0. The molecule has 6 rings (SSSR count). The number of piperazine rings is 1. The topological polar surface area (TPSA) is 117 Å². The molecule has 45 heavy (non-hydrogen) atoms. The van der Waals surface area contributed by atoms with E-state index in [0.29, 0.717) is 25.0 Å². The van der Waals surface area contributed by atoms with Crippen LogP contribution in [0.15, 0.2) is 11.6 Å². The monoisotopic (exact) mass is 628 g/mol. The highest BCUT2D eigenvalue weighted by atomic mass is 16.6. The lowest BCUT2D eigenvalue weighted by atomic mass is 9.41. The first-order valence-electron chi connectivity index (χ1n) is 18.1. The second-order valence-electron chi connectivity index (χ2n) is 16.5. The van der Waals surface area contributed by atoms with Gasteiger partial charge in [-0.25, -0.2) is 9.59 Å². The minimum absolute atomic E-state index is 0.137. The number of esters is 1. The third-order valence-electron chi connectivity index (χ3n) is 14.5. The van der Waals surface area contributed by atoms with Gasteiger partial charge in [-0.3, -0.25) is 0 Å². The molecule has 1 amide bonds. The van der Waals surface area contributed by atoms with E-state index in [4.69, 9.17) is 15.2 Å². The van der Waals surface area contributed by atoms with Gasteiger partial charge < -0.3 is 35.4 Å². The zero-order valence-electron chi connectivity index (χ0n) is 28.5. The summed E-state index contributed by atoms with van der Waals surface area (Å²) in [6.07, 6.45) is 12.1. The predicted molar refractivity (Wildman–Crippen MR) is 174 cm³/mol. The molecule has 9 nitrogen and oxygen atoms in total. The smallest absolute Gasteiger partial charge is 0.407 e. The maximum Gasteiger partial charge on any atom is 0.407 e. The fraction of sp³-hybridized carbons (Fsp3) is 0.889. The lowest BCUT2D eigenvalue weighted by Crippen LogP contribution is -2.64. The van der Waals surface area contributed by atoms with Gasteiger partial charge >= 0.3 is 12.1 Å². The van der Waals surface area contributed by atoms with Gasteiger partial charge in [0.15, 0.2) is 0 Å². The van der Waals surface area contributed by atoms with Gasteiger partial charge in [-0.05, 0) is 126 Å². The number of aliphatic hydroxyl groups is 1. The first-order valence-corrected chi connectivity index (χ1v) is 18.1. The fourth-order valence-corrected chi connectivity index (χ4v) is 11.3. The molecule has 4 N–H and O–H groups in total. The van der Waals surface area contributed by atoms with Gasteiger partial charge in [0.2, 0.25) is 0 Å². The molecule has 0 unspecified atom stereocenters. The number of hydrogen-bond acceptors (Lipinski definition) is 8. The number of cyclic esters (lactones) is 1. The molecule has 0 aromatic carbocycles. The highest BCUT2D eigenvalue weighted by Crippen LogP contribution is 2.73.